The van der Waals surface area contributed by atoms with Crippen molar-refractivity contribution in [1.82, 2.24) is 14.7 Å². The van der Waals surface area contributed by atoms with Crippen molar-refractivity contribution in [2.45, 2.75) is 39.3 Å². The van der Waals surface area contributed by atoms with Crippen molar-refractivity contribution in [2.75, 3.05) is 46.3 Å². The SMILES string of the molecule is Cc1ccc(CN2CCC([C@H](C)N3CCN(C)CC3)CC2)o1. The number of hydrogen-bond donors (Lipinski definition) is 0. The van der Waals surface area contributed by atoms with E-state index in [9.17, 15) is 0 Å². The average molecular weight is 305 g/mol. The van der Waals surface area contributed by atoms with Gasteiger partial charge in [-0.2, -0.15) is 0 Å². The molecule has 1 atom stereocenters. The molecule has 4 nitrogen and oxygen atoms in total. The van der Waals surface area contributed by atoms with E-state index in [0.29, 0.717) is 0 Å². The number of rotatable bonds is 4. The monoisotopic (exact) mass is 305 g/mol. The largest absolute Gasteiger partial charge is 0.465 e. The summed E-state index contributed by atoms with van der Waals surface area (Å²) < 4.78 is 5.71. The van der Waals surface area contributed by atoms with Gasteiger partial charge in [0.2, 0.25) is 0 Å². The number of likely N-dealkylation sites (N-methyl/N-ethyl adjacent to an activating group) is 1. The molecule has 2 saturated heterocycles. The van der Waals surface area contributed by atoms with Crippen LogP contribution in [0.25, 0.3) is 0 Å². The van der Waals surface area contributed by atoms with Gasteiger partial charge in [0.1, 0.15) is 11.5 Å². The molecule has 0 N–H and O–H groups in total. The fraction of sp³-hybridized carbons (Fsp3) is 0.778. The smallest absolute Gasteiger partial charge is 0.118 e. The van der Waals surface area contributed by atoms with Gasteiger partial charge in [0.15, 0.2) is 0 Å². The molecule has 0 aromatic carbocycles. The van der Waals surface area contributed by atoms with Gasteiger partial charge < -0.3 is 9.32 Å². The van der Waals surface area contributed by atoms with Crippen LogP contribution in [0.4, 0.5) is 0 Å². The molecule has 0 radical (unpaired) electrons. The van der Waals surface area contributed by atoms with E-state index in [2.05, 4.69) is 40.8 Å². The first kappa shape index (κ1) is 16.0. The summed E-state index contributed by atoms with van der Waals surface area (Å²) in [5, 5.41) is 0. The van der Waals surface area contributed by atoms with E-state index in [1.54, 1.807) is 0 Å². The highest BCUT2D eigenvalue weighted by Crippen LogP contribution is 2.25. The van der Waals surface area contributed by atoms with Crippen LogP contribution < -0.4 is 0 Å². The Bertz CT molecular complexity index is 457. The molecule has 0 spiro atoms. The molecule has 1 aromatic rings. The molecule has 0 amide bonds. The summed E-state index contributed by atoms with van der Waals surface area (Å²) in [4.78, 5) is 7.69. The quantitative estimate of drug-likeness (QED) is 0.852. The third kappa shape index (κ3) is 3.92. The highest BCUT2D eigenvalue weighted by Gasteiger charge is 2.29. The molecule has 2 aliphatic heterocycles. The lowest BCUT2D eigenvalue weighted by atomic mass is 9.89. The Kier molecular flexibility index (Phi) is 5.21. The van der Waals surface area contributed by atoms with Crippen molar-refractivity contribution in [3.05, 3.63) is 23.7 Å². The second-order valence-electron chi connectivity index (χ2n) is 7.21. The first-order valence-electron chi connectivity index (χ1n) is 8.82. The summed E-state index contributed by atoms with van der Waals surface area (Å²) in [7, 11) is 2.23. The minimum absolute atomic E-state index is 0.738. The molecule has 22 heavy (non-hydrogen) atoms. The normalized spacial score (nSPS) is 24.7. The summed E-state index contributed by atoms with van der Waals surface area (Å²) in [5.41, 5.74) is 0. The van der Waals surface area contributed by atoms with Gasteiger partial charge in [0.25, 0.3) is 0 Å². The van der Waals surface area contributed by atoms with Crippen LogP contribution in [0.15, 0.2) is 16.5 Å². The molecule has 2 fully saturated rings. The second kappa shape index (κ2) is 7.16. The topological polar surface area (TPSA) is 22.9 Å². The lowest BCUT2D eigenvalue weighted by Crippen LogP contribution is -2.51. The van der Waals surface area contributed by atoms with Crippen LogP contribution in [0, 0.1) is 12.8 Å². The van der Waals surface area contributed by atoms with Gasteiger partial charge in [-0.25, -0.2) is 0 Å². The zero-order valence-corrected chi connectivity index (χ0v) is 14.4. The number of nitrogens with zero attached hydrogens (tertiary/aromatic N) is 3. The summed E-state index contributed by atoms with van der Waals surface area (Å²) >= 11 is 0. The molecular weight excluding hydrogens is 274 g/mol. The Morgan fingerprint density at radius 3 is 2.36 bits per heavy atom. The van der Waals surface area contributed by atoms with Gasteiger partial charge in [-0.05, 0) is 64.9 Å². The summed E-state index contributed by atoms with van der Waals surface area (Å²) in [6, 6.07) is 4.92. The molecule has 1 aromatic heterocycles. The number of piperazine rings is 1. The number of piperidine rings is 1. The zero-order valence-electron chi connectivity index (χ0n) is 14.4. The Labute approximate surface area is 135 Å². The standard InChI is InChI=1S/C18H31N3O/c1-15-4-5-18(22-15)14-20-8-6-17(7-9-20)16(2)21-12-10-19(3)11-13-21/h4-5,16-17H,6-14H2,1-3H3/t16-/m0/s1. The summed E-state index contributed by atoms with van der Waals surface area (Å²) in [5.74, 6) is 3.00. The zero-order chi connectivity index (χ0) is 15.5. The van der Waals surface area contributed by atoms with E-state index in [4.69, 9.17) is 4.42 Å². The molecule has 0 unspecified atom stereocenters. The van der Waals surface area contributed by atoms with Gasteiger partial charge in [0.05, 0.1) is 6.54 Å². The van der Waals surface area contributed by atoms with Crippen molar-refractivity contribution in [3.63, 3.8) is 0 Å². The van der Waals surface area contributed by atoms with E-state index in [0.717, 1.165) is 30.0 Å². The molecule has 0 aliphatic carbocycles. The van der Waals surface area contributed by atoms with Crippen LogP contribution in [-0.2, 0) is 6.54 Å². The molecule has 124 valence electrons. The molecule has 3 rings (SSSR count). The fourth-order valence-electron chi connectivity index (χ4n) is 3.91. The van der Waals surface area contributed by atoms with E-state index in [1.165, 1.54) is 52.1 Å². The maximum atomic E-state index is 5.71. The minimum atomic E-state index is 0.738. The number of furan rings is 1. The highest BCUT2D eigenvalue weighted by molar-refractivity contribution is 5.05. The highest BCUT2D eigenvalue weighted by atomic mass is 16.3. The van der Waals surface area contributed by atoms with Gasteiger partial charge >= 0.3 is 0 Å². The maximum Gasteiger partial charge on any atom is 0.118 e. The van der Waals surface area contributed by atoms with Crippen molar-refractivity contribution in [1.29, 1.82) is 0 Å². The Hall–Kier alpha value is -0.840. The van der Waals surface area contributed by atoms with E-state index in [-0.39, 0.29) is 0 Å². The third-order valence-corrected chi connectivity index (χ3v) is 5.60. The van der Waals surface area contributed by atoms with Gasteiger partial charge in [-0.3, -0.25) is 9.80 Å². The second-order valence-corrected chi connectivity index (χ2v) is 7.21. The van der Waals surface area contributed by atoms with Crippen molar-refractivity contribution < 1.29 is 4.42 Å². The van der Waals surface area contributed by atoms with Crippen molar-refractivity contribution in [2.24, 2.45) is 5.92 Å². The van der Waals surface area contributed by atoms with E-state index in [1.807, 2.05) is 6.92 Å². The number of likely N-dealkylation sites (tertiary alicyclic amines) is 1. The van der Waals surface area contributed by atoms with Crippen LogP contribution in [0.3, 0.4) is 0 Å². The van der Waals surface area contributed by atoms with E-state index >= 15 is 0 Å². The molecule has 2 aliphatic rings. The number of aryl methyl sites for hydroxylation is 1. The Balaban J connectivity index is 1.45. The Morgan fingerprint density at radius 1 is 1.09 bits per heavy atom. The Morgan fingerprint density at radius 2 is 1.77 bits per heavy atom. The summed E-state index contributed by atoms with van der Waals surface area (Å²) in [6.45, 7) is 12.8. The van der Waals surface area contributed by atoms with Crippen LogP contribution in [0.5, 0.6) is 0 Å². The van der Waals surface area contributed by atoms with Crippen LogP contribution in [-0.4, -0.2) is 67.1 Å². The molecule has 0 saturated carbocycles. The lowest BCUT2D eigenvalue weighted by Gasteiger charge is -2.42. The first-order chi connectivity index (χ1) is 10.6. The van der Waals surface area contributed by atoms with Gasteiger partial charge in [-0.15, -0.1) is 0 Å². The average Bonchev–Trinajstić information content (AvgIpc) is 2.93. The summed E-state index contributed by atoms with van der Waals surface area (Å²) in [6.07, 6.45) is 2.65. The minimum Gasteiger partial charge on any atom is -0.465 e. The predicted octanol–water partition coefficient (Wildman–Crippen LogP) is 2.44. The fourth-order valence-corrected chi connectivity index (χ4v) is 3.91. The van der Waals surface area contributed by atoms with Gasteiger partial charge in [0, 0.05) is 32.2 Å². The van der Waals surface area contributed by atoms with Crippen molar-refractivity contribution >= 4 is 0 Å². The van der Waals surface area contributed by atoms with E-state index < -0.39 is 0 Å². The first-order valence-corrected chi connectivity index (χ1v) is 8.82. The van der Waals surface area contributed by atoms with Crippen LogP contribution in [0.1, 0.15) is 31.3 Å². The maximum absolute atomic E-state index is 5.71. The van der Waals surface area contributed by atoms with Crippen LogP contribution in [0.2, 0.25) is 0 Å². The lowest BCUT2D eigenvalue weighted by molar-refractivity contribution is 0.0584. The number of hydrogen-bond acceptors (Lipinski definition) is 4. The van der Waals surface area contributed by atoms with Crippen LogP contribution >= 0.6 is 0 Å². The molecule has 3 heterocycles. The molecular formula is C18H31N3O. The molecule has 0 bridgehead atoms. The third-order valence-electron chi connectivity index (χ3n) is 5.60. The predicted molar refractivity (Wildman–Crippen MR) is 90.0 cm³/mol. The molecule has 4 heteroatoms. The van der Waals surface area contributed by atoms with Gasteiger partial charge in [-0.1, -0.05) is 0 Å². The van der Waals surface area contributed by atoms with Crippen molar-refractivity contribution in [3.8, 4) is 0 Å².